The van der Waals surface area contributed by atoms with Gasteiger partial charge >= 0.3 is 0 Å². The summed E-state index contributed by atoms with van der Waals surface area (Å²) in [6, 6.07) is 11.7. The van der Waals surface area contributed by atoms with E-state index in [0.29, 0.717) is 12.1 Å². The SMILES string of the molecule is CCCNc1ccc(NC(=O)Cc2c[nH]c3ccccc23)cn1. The van der Waals surface area contributed by atoms with Gasteiger partial charge in [-0.1, -0.05) is 25.1 Å². The molecule has 5 heteroatoms. The molecule has 2 heterocycles. The molecule has 3 N–H and O–H groups in total. The molecule has 0 fully saturated rings. The van der Waals surface area contributed by atoms with Crippen LogP contribution in [0.5, 0.6) is 0 Å². The fourth-order valence-electron chi connectivity index (χ4n) is 2.48. The Morgan fingerprint density at radius 3 is 2.87 bits per heavy atom. The number of hydrogen-bond donors (Lipinski definition) is 3. The highest BCUT2D eigenvalue weighted by Gasteiger charge is 2.09. The van der Waals surface area contributed by atoms with E-state index in [4.69, 9.17) is 0 Å². The summed E-state index contributed by atoms with van der Waals surface area (Å²) < 4.78 is 0. The molecule has 3 rings (SSSR count). The standard InChI is InChI=1S/C18H20N4O/c1-2-9-19-17-8-7-14(12-21-17)22-18(23)10-13-11-20-16-6-4-3-5-15(13)16/h3-8,11-12,20H,2,9-10H2,1H3,(H,19,21)(H,22,23). The summed E-state index contributed by atoms with van der Waals surface area (Å²) >= 11 is 0. The smallest absolute Gasteiger partial charge is 0.228 e. The van der Waals surface area contributed by atoms with Gasteiger partial charge < -0.3 is 15.6 Å². The number of nitrogens with zero attached hydrogens (tertiary/aromatic N) is 1. The van der Waals surface area contributed by atoms with E-state index in [1.54, 1.807) is 6.20 Å². The number of hydrogen-bond acceptors (Lipinski definition) is 3. The van der Waals surface area contributed by atoms with Crippen LogP contribution in [-0.4, -0.2) is 22.4 Å². The number of aromatic nitrogens is 2. The van der Waals surface area contributed by atoms with Gasteiger partial charge in [-0.05, 0) is 30.2 Å². The van der Waals surface area contributed by atoms with E-state index in [9.17, 15) is 4.79 Å². The molecule has 0 aliphatic rings. The molecule has 2 aromatic heterocycles. The van der Waals surface area contributed by atoms with Crippen LogP contribution in [0.25, 0.3) is 10.9 Å². The zero-order valence-electron chi connectivity index (χ0n) is 13.1. The predicted molar refractivity (Wildman–Crippen MR) is 93.7 cm³/mol. The number of para-hydroxylation sites is 1. The summed E-state index contributed by atoms with van der Waals surface area (Å²) in [6.07, 6.45) is 4.94. The van der Waals surface area contributed by atoms with E-state index in [1.165, 1.54) is 0 Å². The van der Waals surface area contributed by atoms with Crippen molar-refractivity contribution in [2.75, 3.05) is 17.2 Å². The van der Waals surface area contributed by atoms with Crippen molar-refractivity contribution in [3.63, 3.8) is 0 Å². The molecular weight excluding hydrogens is 288 g/mol. The van der Waals surface area contributed by atoms with Crippen molar-refractivity contribution < 1.29 is 4.79 Å². The Morgan fingerprint density at radius 2 is 2.09 bits per heavy atom. The molecule has 0 bridgehead atoms. The highest BCUT2D eigenvalue weighted by atomic mass is 16.1. The molecule has 23 heavy (non-hydrogen) atoms. The third-order valence-corrected chi connectivity index (χ3v) is 3.63. The van der Waals surface area contributed by atoms with Gasteiger partial charge in [0.05, 0.1) is 18.3 Å². The zero-order chi connectivity index (χ0) is 16.1. The van der Waals surface area contributed by atoms with Gasteiger partial charge in [-0.15, -0.1) is 0 Å². The van der Waals surface area contributed by atoms with Gasteiger partial charge in [0.15, 0.2) is 0 Å². The number of carbonyl (C=O) groups is 1. The number of anilines is 2. The summed E-state index contributed by atoms with van der Waals surface area (Å²) in [4.78, 5) is 19.7. The molecule has 0 radical (unpaired) electrons. The average molecular weight is 308 g/mol. The highest BCUT2D eigenvalue weighted by Crippen LogP contribution is 2.18. The lowest BCUT2D eigenvalue weighted by molar-refractivity contribution is -0.115. The molecule has 0 saturated carbocycles. The molecule has 0 aliphatic heterocycles. The van der Waals surface area contributed by atoms with Crippen LogP contribution in [0.4, 0.5) is 11.5 Å². The minimum absolute atomic E-state index is 0.0502. The number of pyridine rings is 1. The second-order valence-corrected chi connectivity index (χ2v) is 5.44. The number of fused-ring (bicyclic) bond motifs is 1. The molecule has 0 aliphatic carbocycles. The Hall–Kier alpha value is -2.82. The zero-order valence-corrected chi connectivity index (χ0v) is 13.1. The molecule has 3 aromatic rings. The van der Waals surface area contributed by atoms with Gasteiger partial charge in [0.2, 0.25) is 5.91 Å². The molecule has 0 saturated heterocycles. The highest BCUT2D eigenvalue weighted by molar-refractivity contribution is 5.95. The van der Waals surface area contributed by atoms with Crippen LogP contribution in [0.3, 0.4) is 0 Å². The van der Waals surface area contributed by atoms with Crippen molar-refractivity contribution in [1.82, 2.24) is 9.97 Å². The van der Waals surface area contributed by atoms with E-state index in [1.807, 2.05) is 42.6 Å². The molecule has 0 atom stereocenters. The summed E-state index contributed by atoms with van der Waals surface area (Å²) in [7, 11) is 0. The van der Waals surface area contributed by atoms with Gasteiger partial charge in [-0.3, -0.25) is 4.79 Å². The second kappa shape index (κ2) is 6.96. The third kappa shape index (κ3) is 3.69. The molecule has 0 spiro atoms. The van der Waals surface area contributed by atoms with Crippen LogP contribution in [0.2, 0.25) is 0 Å². The first-order valence-corrected chi connectivity index (χ1v) is 7.81. The first kappa shape index (κ1) is 15.1. The molecule has 0 unspecified atom stereocenters. The topological polar surface area (TPSA) is 69.8 Å². The van der Waals surface area contributed by atoms with Crippen LogP contribution in [0.15, 0.2) is 48.8 Å². The first-order chi connectivity index (χ1) is 11.3. The quantitative estimate of drug-likeness (QED) is 0.652. The Bertz CT molecular complexity index is 792. The monoisotopic (exact) mass is 308 g/mol. The molecular formula is C18H20N4O. The maximum Gasteiger partial charge on any atom is 0.228 e. The van der Waals surface area contributed by atoms with Crippen molar-refractivity contribution in [2.24, 2.45) is 0 Å². The average Bonchev–Trinajstić information content (AvgIpc) is 2.97. The fourth-order valence-corrected chi connectivity index (χ4v) is 2.48. The van der Waals surface area contributed by atoms with Crippen molar-refractivity contribution in [1.29, 1.82) is 0 Å². The van der Waals surface area contributed by atoms with E-state index in [2.05, 4.69) is 27.5 Å². The normalized spacial score (nSPS) is 10.7. The third-order valence-electron chi connectivity index (χ3n) is 3.63. The predicted octanol–water partition coefficient (Wildman–Crippen LogP) is 3.57. The van der Waals surface area contributed by atoms with Gasteiger partial charge in [0.1, 0.15) is 5.82 Å². The van der Waals surface area contributed by atoms with Gasteiger partial charge in [0.25, 0.3) is 0 Å². The van der Waals surface area contributed by atoms with Crippen LogP contribution >= 0.6 is 0 Å². The van der Waals surface area contributed by atoms with Gasteiger partial charge in [-0.2, -0.15) is 0 Å². The Kier molecular flexibility index (Phi) is 4.57. The largest absolute Gasteiger partial charge is 0.370 e. The first-order valence-electron chi connectivity index (χ1n) is 7.81. The maximum atomic E-state index is 12.2. The van der Waals surface area contributed by atoms with Crippen LogP contribution in [-0.2, 0) is 11.2 Å². The minimum atomic E-state index is -0.0502. The lowest BCUT2D eigenvalue weighted by Crippen LogP contribution is -2.14. The van der Waals surface area contributed by atoms with Crippen LogP contribution in [0, 0.1) is 0 Å². The Labute approximate surface area is 135 Å². The van der Waals surface area contributed by atoms with E-state index >= 15 is 0 Å². The van der Waals surface area contributed by atoms with Gasteiger partial charge in [-0.25, -0.2) is 4.98 Å². The number of carbonyl (C=O) groups excluding carboxylic acids is 1. The van der Waals surface area contributed by atoms with Crippen molar-refractivity contribution >= 4 is 28.3 Å². The number of amides is 1. The van der Waals surface area contributed by atoms with Gasteiger partial charge in [0, 0.05) is 23.6 Å². The van der Waals surface area contributed by atoms with E-state index < -0.39 is 0 Å². The summed E-state index contributed by atoms with van der Waals surface area (Å²) in [5.41, 5.74) is 2.74. The van der Waals surface area contributed by atoms with Crippen LogP contribution in [0.1, 0.15) is 18.9 Å². The number of nitrogens with one attached hydrogen (secondary N) is 3. The molecule has 1 aromatic carbocycles. The molecule has 118 valence electrons. The lowest BCUT2D eigenvalue weighted by Gasteiger charge is -2.07. The van der Waals surface area contributed by atoms with Crippen molar-refractivity contribution in [3.8, 4) is 0 Å². The van der Waals surface area contributed by atoms with E-state index in [-0.39, 0.29) is 5.91 Å². The second-order valence-electron chi connectivity index (χ2n) is 5.44. The molecule has 1 amide bonds. The number of rotatable bonds is 6. The van der Waals surface area contributed by atoms with Crippen molar-refractivity contribution in [2.45, 2.75) is 19.8 Å². The summed E-state index contributed by atoms with van der Waals surface area (Å²) in [6.45, 7) is 2.99. The Morgan fingerprint density at radius 1 is 1.22 bits per heavy atom. The summed E-state index contributed by atoms with van der Waals surface area (Å²) in [5, 5.41) is 7.17. The fraction of sp³-hybridized carbons (Fsp3) is 0.222. The number of benzene rings is 1. The Balaban J connectivity index is 1.63. The minimum Gasteiger partial charge on any atom is -0.370 e. The lowest BCUT2D eigenvalue weighted by atomic mass is 10.1. The van der Waals surface area contributed by atoms with Crippen LogP contribution < -0.4 is 10.6 Å². The van der Waals surface area contributed by atoms with E-state index in [0.717, 1.165) is 35.2 Å². The van der Waals surface area contributed by atoms with Crippen molar-refractivity contribution in [3.05, 3.63) is 54.4 Å². The molecule has 5 nitrogen and oxygen atoms in total. The maximum absolute atomic E-state index is 12.2. The number of H-pyrrole nitrogens is 1. The summed E-state index contributed by atoms with van der Waals surface area (Å²) in [5.74, 6) is 0.771. The number of aromatic amines is 1.